The molecule has 0 saturated heterocycles. The van der Waals surface area contributed by atoms with Crippen molar-refractivity contribution < 1.29 is 4.74 Å². The molecule has 0 amide bonds. The number of benzene rings is 1. The summed E-state index contributed by atoms with van der Waals surface area (Å²) >= 11 is 0. The monoisotopic (exact) mass is 293 g/mol. The van der Waals surface area contributed by atoms with Crippen LogP contribution in [-0.4, -0.2) is 12.6 Å². The van der Waals surface area contributed by atoms with E-state index in [1.54, 1.807) is 12.7 Å². The minimum atomic E-state index is 0. The predicted octanol–water partition coefficient (Wildman–Crippen LogP) is 3.98. The van der Waals surface area contributed by atoms with Crippen LogP contribution in [0, 0.1) is 5.41 Å². The molecular formula is C17H24ClNO. The molecule has 3 heteroatoms. The molecule has 2 fully saturated rings. The molecule has 4 aliphatic carbocycles. The first-order valence-electron chi connectivity index (χ1n) is 7.47. The fraction of sp³-hybridized carbons (Fsp3) is 0.647. The normalized spacial score (nSPS) is 40.8. The zero-order chi connectivity index (χ0) is 13.3. The van der Waals surface area contributed by atoms with E-state index in [0.717, 1.165) is 5.75 Å². The van der Waals surface area contributed by atoms with E-state index in [1.807, 2.05) is 0 Å². The lowest BCUT2D eigenvalue weighted by Gasteiger charge is -2.52. The maximum Gasteiger partial charge on any atom is 0.119 e. The average molecular weight is 294 g/mol. The van der Waals surface area contributed by atoms with Gasteiger partial charge >= 0.3 is 0 Å². The van der Waals surface area contributed by atoms with Gasteiger partial charge in [0.05, 0.1) is 7.11 Å². The lowest BCUT2D eigenvalue weighted by Crippen LogP contribution is -2.52. The number of hydrogen-bond acceptors (Lipinski definition) is 2. The number of rotatable bonds is 1. The Hall–Kier alpha value is -0.730. The highest BCUT2D eigenvalue weighted by molar-refractivity contribution is 5.85. The van der Waals surface area contributed by atoms with Gasteiger partial charge in [0.1, 0.15) is 5.75 Å². The molecule has 5 rings (SSSR count). The summed E-state index contributed by atoms with van der Waals surface area (Å²) < 4.78 is 5.43. The molecule has 2 saturated carbocycles. The van der Waals surface area contributed by atoms with Crippen molar-refractivity contribution in [2.24, 2.45) is 11.1 Å². The van der Waals surface area contributed by atoms with Crippen molar-refractivity contribution in [1.29, 1.82) is 0 Å². The summed E-state index contributed by atoms with van der Waals surface area (Å²) in [6, 6.07) is 6.70. The van der Waals surface area contributed by atoms with Crippen molar-refractivity contribution >= 4 is 12.4 Å². The molecular weight excluding hydrogens is 270 g/mol. The Morgan fingerprint density at radius 1 is 1.10 bits per heavy atom. The Labute approximate surface area is 127 Å². The Kier molecular flexibility index (Phi) is 3.11. The van der Waals surface area contributed by atoms with Gasteiger partial charge in [0, 0.05) is 5.54 Å². The van der Waals surface area contributed by atoms with E-state index in [2.05, 4.69) is 25.1 Å². The van der Waals surface area contributed by atoms with Gasteiger partial charge in [0.15, 0.2) is 0 Å². The van der Waals surface area contributed by atoms with Crippen molar-refractivity contribution in [1.82, 2.24) is 0 Å². The van der Waals surface area contributed by atoms with E-state index in [9.17, 15) is 0 Å². The summed E-state index contributed by atoms with van der Waals surface area (Å²) in [6.07, 6.45) is 6.19. The largest absolute Gasteiger partial charge is 0.497 e. The summed E-state index contributed by atoms with van der Waals surface area (Å²) in [5, 5.41) is 0. The van der Waals surface area contributed by atoms with Crippen LogP contribution in [0.25, 0.3) is 0 Å². The molecule has 110 valence electrons. The van der Waals surface area contributed by atoms with E-state index in [4.69, 9.17) is 10.5 Å². The number of hydrogen-bond donors (Lipinski definition) is 1. The molecule has 0 aromatic heterocycles. The van der Waals surface area contributed by atoms with Gasteiger partial charge in [-0.3, -0.25) is 0 Å². The van der Waals surface area contributed by atoms with Gasteiger partial charge in [-0.05, 0) is 72.6 Å². The first-order valence-corrected chi connectivity index (χ1v) is 7.47. The lowest BCUT2D eigenvalue weighted by atomic mass is 9.56. The standard InChI is InChI=1S/C17H23NO.ClH/c1-16-6-11-8-17(18,10-16)9-12(7-16)15-5-13(19-2)3-4-14(11)15;/h3-5,11-12H,6-10,18H2,1-2H3;1H. The third kappa shape index (κ3) is 1.96. The molecule has 2 nitrogen and oxygen atoms in total. The SMILES string of the molecule is COc1ccc2c(c1)C1CC3(C)CC2CC(N)(C1)C3.Cl. The lowest BCUT2D eigenvalue weighted by molar-refractivity contribution is 0.0544. The fourth-order valence-corrected chi connectivity index (χ4v) is 5.47. The van der Waals surface area contributed by atoms with Crippen LogP contribution in [0.1, 0.15) is 62.0 Å². The second-order valence-electron chi connectivity index (χ2n) is 7.56. The van der Waals surface area contributed by atoms with Crippen LogP contribution < -0.4 is 10.5 Å². The van der Waals surface area contributed by atoms with Crippen LogP contribution in [-0.2, 0) is 0 Å². The highest BCUT2D eigenvalue weighted by Gasteiger charge is 2.53. The van der Waals surface area contributed by atoms with Crippen molar-refractivity contribution in [3.05, 3.63) is 29.3 Å². The van der Waals surface area contributed by atoms with Crippen LogP contribution in [0.2, 0.25) is 0 Å². The average Bonchev–Trinajstić information content (AvgIpc) is 2.47. The minimum absolute atomic E-state index is 0. The van der Waals surface area contributed by atoms with Crippen LogP contribution in [0.4, 0.5) is 0 Å². The summed E-state index contributed by atoms with van der Waals surface area (Å²) in [5.74, 6) is 2.30. The topological polar surface area (TPSA) is 35.2 Å². The number of methoxy groups -OCH3 is 1. The van der Waals surface area contributed by atoms with E-state index in [0.29, 0.717) is 17.3 Å². The number of halogens is 1. The summed E-state index contributed by atoms with van der Waals surface area (Å²) in [6.45, 7) is 2.45. The Morgan fingerprint density at radius 3 is 2.35 bits per heavy atom. The second-order valence-corrected chi connectivity index (χ2v) is 7.56. The van der Waals surface area contributed by atoms with Crippen LogP contribution in [0.15, 0.2) is 18.2 Å². The second kappa shape index (κ2) is 4.38. The maximum absolute atomic E-state index is 6.72. The Balaban J connectivity index is 0.00000121. The van der Waals surface area contributed by atoms with Gasteiger partial charge in [-0.1, -0.05) is 13.0 Å². The minimum Gasteiger partial charge on any atom is -0.497 e. The molecule has 20 heavy (non-hydrogen) atoms. The first kappa shape index (κ1) is 14.2. The van der Waals surface area contributed by atoms with Crippen LogP contribution in [0.3, 0.4) is 0 Å². The van der Waals surface area contributed by atoms with Crippen LogP contribution >= 0.6 is 12.4 Å². The Morgan fingerprint density at radius 2 is 1.75 bits per heavy atom. The van der Waals surface area contributed by atoms with E-state index in [-0.39, 0.29) is 17.9 Å². The molecule has 4 bridgehead atoms. The van der Waals surface area contributed by atoms with Gasteiger partial charge in [-0.15, -0.1) is 12.4 Å². The molecule has 4 aliphatic rings. The van der Waals surface area contributed by atoms with Gasteiger partial charge in [0.25, 0.3) is 0 Å². The molecule has 0 heterocycles. The smallest absolute Gasteiger partial charge is 0.119 e. The Bertz CT molecular complexity index is 526. The molecule has 0 radical (unpaired) electrons. The van der Waals surface area contributed by atoms with Crippen molar-refractivity contribution in [2.75, 3.05) is 7.11 Å². The molecule has 1 aromatic rings. The molecule has 4 unspecified atom stereocenters. The van der Waals surface area contributed by atoms with Crippen molar-refractivity contribution in [2.45, 2.75) is 56.4 Å². The fourth-order valence-electron chi connectivity index (χ4n) is 5.47. The molecule has 1 aromatic carbocycles. The van der Waals surface area contributed by atoms with E-state index >= 15 is 0 Å². The third-order valence-electron chi connectivity index (χ3n) is 5.74. The highest BCUT2D eigenvalue weighted by Crippen LogP contribution is 2.62. The third-order valence-corrected chi connectivity index (χ3v) is 5.74. The maximum atomic E-state index is 6.72. The highest BCUT2D eigenvalue weighted by atomic mass is 35.5. The van der Waals surface area contributed by atoms with Gasteiger partial charge in [-0.25, -0.2) is 0 Å². The zero-order valence-electron chi connectivity index (χ0n) is 12.3. The summed E-state index contributed by atoms with van der Waals surface area (Å²) in [5.41, 5.74) is 10.3. The quantitative estimate of drug-likeness (QED) is 0.850. The number of nitrogens with two attached hydrogens (primary N) is 1. The van der Waals surface area contributed by atoms with Crippen molar-refractivity contribution in [3.63, 3.8) is 0 Å². The van der Waals surface area contributed by atoms with Crippen LogP contribution in [0.5, 0.6) is 5.75 Å². The molecule has 4 atom stereocenters. The molecule has 0 spiro atoms. The predicted molar refractivity (Wildman–Crippen MR) is 83.8 cm³/mol. The summed E-state index contributed by atoms with van der Waals surface area (Å²) in [4.78, 5) is 0. The molecule has 2 N–H and O–H groups in total. The van der Waals surface area contributed by atoms with E-state index in [1.165, 1.54) is 37.7 Å². The first-order chi connectivity index (χ1) is 9.00. The molecule has 0 aliphatic heterocycles. The summed E-state index contributed by atoms with van der Waals surface area (Å²) in [7, 11) is 1.76. The number of ether oxygens (including phenoxy) is 1. The van der Waals surface area contributed by atoms with Gasteiger partial charge < -0.3 is 10.5 Å². The zero-order valence-corrected chi connectivity index (χ0v) is 13.1. The van der Waals surface area contributed by atoms with Gasteiger partial charge in [-0.2, -0.15) is 0 Å². The van der Waals surface area contributed by atoms with Crippen molar-refractivity contribution in [3.8, 4) is 5.75 Å². The van der Waals surface area contributed by atoms with Gasteiger partial charge in [0.2, 0.25) is 0 Å². The van der Waals surface area contributed by atoms with E-state index < -0.39 is 0 Å².